The average molecular weight is 530 g/mol. The van der Waals surface area contributed by atoms with Gasteiger partial charge >= 0.3 is 6.18 Å². The third-order valence-corrected chi connectivity index (χ3v) is 9.47. The molecule has 2 aliphatic carbocycles. The summed E-state index contributed by atoms with van der Waals surface area (Å²) in [7, 11) is -2.83. The molecule has 36 heavy (non-hydrogen) atoms. The molecule has 2 aliphatic rings. The summed E-state index contributed by atoms with van der Waals surface area (Å²) in [6.07, 6.45) is 0.913. The Morgan fingerprint density at radius 1 is 1.25 bits per heavy atom. The van der Waals surface area contributed by atoms with Crippen LogP contribution in [0.15, 0.2) is 29.3 Å². The van der Waals surface area contributed by atoms with Gasteiger partial charge in [-0.2, -0.15) is 22.6 Å². The van der Waals surface area contributed by atoms with Crippen molar-refractivity contribution in [3.8, 4) is 0 Å². The summed E-state index contributed by atoms with van der Waals surface area (Å²) in [6.45, 7) is 5.62. The van der Waals surface area contributed by atoms with E-state index in [0.29, 0.717) is 43.4 Å². The van der Waals surface area contributed by atoms with Gasteiger partial charge in [0.1, 0.15) is 0 Å². The van der Waals surface area contributed by atoms with Gasteiger partial charge in [-0.25, -0.2) is 8.42 Å². The van der Waals surface area contributed by atoms with Crippen LogP contribution < -0.4 is 0 Å². The number of benzene rings is 1. The highest BCUT2D eigenvalue weighted by molar-refractivity contribution is 7.89. The van der Waals surface area contributed by atoms with Gasteiger partial charge in [-0.3, -0.25) is 4.68 Å². The number of sulfonamides is 1. The highest BCUT2D eigenvalue weighted by atomic mass is 32.2. The molecule has 1 N–H and O–H groups in total. The standard InChI is InChI=1S/C25H34F3N3O4S/c1-5-24(10-11-24)17-12-18(25(26,27)28)14-19(13-17)36(33,34)30(4)21-8-7-9-22-20(21)15-29-31(22)16-23(3,32)35-6-2/h12-15,21,32H,5-11,16H2,1-4H3/t21-,23?/m1/s1. The van der Waals surface area contributed by atoms with E-state index >= 15 is 0 Å². The fourth-order valence-corrected chi connectivity index (χ4v) is 6.73. The summed E-state index contributed by atoms with van der Waals surface area (Å²) in [5, 5.41) is 14.8. The number of nitrogens with zero attached hydrogens (tertiary/aromatic N) is 3. The van der Waals surface area contributed by atoms with Gasteiger partial charge in [-0.1, -0.05) is 6.92 Å². The van der Waals surface area contributed by atoms with Crippen LogP contribution in [0.2, 0.25) is 0 Å². The molecule has 2 atom stereocenters. The predicted molar refractivity (Wildman–Crippen MR) is 128 cm³/mol. The fraction of sp³-hybridized carbons (Fsp3) is 0.640. The van der Waals surface area contributed by atoms with Crippen LogP contribution in [-0.4, -0.2) is 47.1 Å². The second-order valence-corrected chi connectivity index (χ2v) is 12.1. The minimum absolute atomic E-state index is 0.0788. The van der Waals surface area contributed by atoms with Crippen molar-refractivity contribution in [3.63, 3.8) is 0 Å². The monoisotopic (exact) mass is 529 g/mol. The van der Waals surface area contributed by atoms with E-state index < -0.39 is 33.6 Å². The molecule has 7 nitrogen and oxygen atoms in total. The van der Waals surface area contributed by atoms with Crippen molar-refractivity contribution in [2.24, 2.45) is 0 Å². The lowest BCUT2D eigenvalue weighted by molar-refractivity contribution is -0.197. The quantitative estimate of drug-likeness (QED) is 0.473. The van der Waals surface area contributed by atoms with Crippen LogP contribution in [0.25, 0.3) is 0 Å². The first-order valence-electron chi connectivity index (χ1n) is 12.4. The lowest BCUT2D eigenvalue weighted by atomic mass is 9.92. The lowest BCUT2D eigenvalue weighted by Gasteiger charge is -2.32. The Morgan fingerprint density at radius 2 is 1.94 bits per heavy atom. The Hall–Kier alpha value is -1.95. The molecule has 11 heteroatoms. The van der Waals surface area contributed by atoms with Gasteiger partial charge in [0, 0.05) is 24.9 Å². The van der Waals surface area contributed by atoms with Crippen LogP contribution in [0.3, 0.4) is 0 Å². The van der Waals surface area contributed by atoms with Crippen LogP contribution >= 0.6 is 0 Å². The Balaban J connectivity index is 1.70. The number of ether oxygens (including phenoxy) is 1. The summed E-state index contributed by atoms with van der Waals surface area (Å²) in [6, 6.07) is 2.68. The Labute approximate surface area is 210 Å². The van der Waals surface area contributed by atoms with E-state index in [-0.39, 0.29) is 16.9 Å². The van der Waals surface area contributed by atoms with Gasteiger partial charge in [0.2, 0.25) is 10.0 Å². The number of aliphatic hydroxyl groups is 1. The van der Waals surface area contributed by atoms with Crippen molar-refractivity contribution < 1.29 is 31.4 Å². The molecule has 0 bridgehead atoms. The molecule has 1 aromatic heterocycles. The Morgan fingerprint density at radius 3 is 2.53 bits per heavy atom. The van der Waals surface area contributed by atoms with Crippen molar-refractivity contribution in [1.82, 2.24) is 14.1 Å². The Kier molecular flexibility index (Phi) is 7.09. The highest BCUT2D eigenvalue weighted by Crippen LogP contribution is 2.52. The number of hydrogen-bond donors (Lipinski definition) is 1. The van der Waals surface area contributed by atoms with Crippen LogP contribution in [0.1, 0.15) is 81.3 Å². The molecule has 2 aromatic rings. The zero-order valence-electron chi connectivity index (χ0n) is 21.1. The first kappa shape index (κ1) is 27.1. The zero-order chi connectivity index (χ0) is 26.5. The van der Waals surface area contributed by atoms with E-state index in [9.17, 15) is 26.7 Å². The van der Waals surface area contributed by atoms with E-state index in [2.05, 4.69) is 5.10 Å². The smallest absolute Gasteiger partial charge is 0.364 e. The number of halogens is 3. The summed E-state index contributed by atoms with van der Waals surface area (Å²) in [4.78, 5) is -0.339. The molecule has 0 aliphatic heterocycles. The minimum atomic E-state index is -4.65. The summed E-state index contributed by atoms with van der Waals surface area (Å²) >= 11 is 0. The highest BCUT2D eigenvalue weighted by Gasteiger charge is 2.45. The van der Waals surface area contributed by atoms with Gasteiger partial charge in [0.05, 0.1) is 29.2 Å². The minimum Gasteiger partial charge on any atom is -0.364 e. The number of aromatic nitrogens is 2. The largest absolute Gasteiger partial charge is 0.416 e. The van der Waals surface area contributed by atoms with E-state index in [1.165, 1.54) is 24.3 Å². The molecule has 1 fully saturated rings. The summed E-state index contributed by atoms with van der Waals surface area (Å²) in [5.41, 5.74) is 0.588. The Bertz CT molecular complexity index is 1220. The first-order valence-corrected chi connectivity index (χ1v) is 13.8. The molecule has 0 amide bonds. The van der Waals surface area contributed by atoms with E-state index in [0.717, 1.165) is 30.7 Å². The van der Waals surface area contributed by atoms with Gasteiger partial charge < -0.3 is 9.84 Å². The summed E-state index contributed by atoms with van der Waals surface area (Å²) in [5.74, 6) is -1.44. The van der Waals surface area contributed by atoms with Crippen molar-refractivity contribution in [2.45, 2.75) is 94.2 Å². The maximum Gasteiger partial charge on any atom is 0.416 e. The third kappa shape index (κ3) is 5.07. The SMILES string of the molecule is CCOC(C)(O)Cn1ncc2c1CCC[C@H]2N(C)S(=O)(=O)c1cc(C(F)(F)F)cc(C2(CC)CC2)c1. The van der Waals surface area contributed by atoms with E-state index in [1.54, 1.807) is 17.8 Å². The van der Waals surface area contributed by atoms with Crippen LogP contribution in [0.4, 0.5) is 13.2 Å². The van der Waals surface area contributed by atoms with Crippen molar-refractivity contribution in [3.05, 3.63) is 46.8 Å². The maximum atomic E-state index is 13.7. The molecule has 200 valence electrons. The molecular formula is C25H34F3N3O4S. The molecule has 1 saturated carbocycles. The number of hydrogen-bond acceptors (Lipinski definition) is 5. The van der Waals surface area contributed by atoms with Gasteiger partial charge in [-0.05, 0) is 81.5 Å². The third-order valence-electron chi connectivity index (χ3n) is 7.62. The van der Waals surface area contributed by atoms with Crippen LogP contribution in [0, 0.1) is 0 Å². The molecule has 0 radical (unpaired) electrons. The van der Waals surface area contributed by atoms with Gasteiger partial charge in [0.15, 0.2) is 5.79 Å². The predicted octanol–water partition coefficient (Wildman–Crippen LogP) is 4.79. The first-order chi connectivity index (χ1) is 16.7. The molecule has 1 unspecified atom stereocenters. The van der Waals surface area contributed by atoms with E-state index in [1.807, 2.05) is 6.92 Å². The van der Waals surface area contributed by atoms with Crippen LogP contribution in [0.5, 0.6) is 0 Å². The lowest BCUT2D eigenvalue weighted by Crippen LogP contribution is -2.36. The van der Waals surface area contributed by atoms with Crippen molar-refractivity contribution >= 4 is 10.0 Å². The summed E-state index contributed by atoms with van der Waals surface area (Å²) < 4.78 is 76.8. The van der Waals surface area contributed by atoms with Gasteiger partial charge in [0.25, 0.3) is 0 Å². The zero-order valence-corrected chi connectivity index (χ0v) is 21.9. The second kappa shape index (κ2) is 9.41. The molecular weight excluding hydrogens is 495 g/mol. The van der Waals surface area contributed by atoms with E-state index in [4.69, 9.17) is 4.74 Å². The number of fused-ring (bicyclic) bond motifs is 1. The van der Waals surface area contributed by atoms with Gasteiger partial charge in [-0.15, -0.1) is 0 Å². The second-order valence-electron chi connectivity index (χ2n) is 10.1. The average Bonchev–Trinajstić information content (AvgIpc) is 3.52. The molecule has 1 heterocycles. The molecule has 0 saturated heterocycles. The number of alkyl halides is 3. The van der Waals surface area contributed by atoms with Crippen molar-refractivity contribution in [2.75, 3.05) is 13.7 Å². The molecule has 0 spiro atoms. The van der Waals surface area contributed by atoms with Crippen molar-refractivity contribution in [1.29, 1.82) is 0 Å². The maximum absolute atomic E-state index is 13.7. The normalized spacial score (nSPS) is 21.3. The molecule has 1 aromatic carbocycles. The fourth-order valence-electron chi connectivity index (χ4n) is 5.29. The molecule has 4 rings (SSSR count). The topological polar surface area (TPSA) is 84.7 Å². The number of rotatable bonds is 9. The van der Waals surface area contributed by atoms with Crippen LogP contribution in [-0.2, 0) is 39.3 Å².